The largest absolute Gasteiger partial charge is 0.497 e. The highest BCUT2D eigenvalue weighted by Crippen LogP contribution is 2.40. The third-order valence-electron chi connectivity index (χ3n) is 7.00. The molecule has 0 saturated carbocycles. The number of benzene rings is 3. The van der Waals surface area contributed by atoms with Crippen LogP contribution in [0.2, 0.25) is 0 Å². The van der Waals surface area contributed by atoms with Crippen LogP contribution in [0.5, 0.6) is 17.2 Å². The Morgan fingerprint density at radius 2 is 1.64 bits per heavy atom. The quantitative estimate of drug-likeness (QED) is 0.303. The Morgan fingerprint density at radius 1 is 0.949 bits per heavy atom. The van der Waals surface area contributed by atoms with Crippen molar-refractivity contribution < 1.29 is 23.4 Å². The molecule has 0 radical (unpaired) electrons. The number of halogens is 1. The lowest BCUT2D eigenvalue weighted by Crippen LogP contribution is -2.35. The lowest BCUT2D eigenvalue weighted by Gasteiger charge is -2.23. The van der Waals surface area contributed by atoms with Gasteiger partial charge in [-0.05, 0) is 79.4 Å². The molecule has 1 aliphatic heterocycles. The van der Waals surface area contributed by atoms with Crippen LogP contribution in [0.4, 0.5) is 4.39 Å². The predicted octanol–water partition coefficient (Wildman–Crippen LogP) is 5.79. The van der Waals surface area contributed by atoms with Gasteiger partial charge < -0.3 is 23.7 Å². The van der Waals surface area contributed by atoms with Gasteiger partial charge in [0, 0.05) is 37.1 Å². The molecule has 5 rings (SSSR count). The molecule has 0 aliphatic carbocycles. The SMILES string of the molecule is COc1cc(CN2C[C@@H](C)Oc3c(cc(Cn4ccnc4C)cc3-c3ccc(F)cc3C)C2=O)cc(OC)c1. The standard InChI is InChI=1S/C31H32FN3O4/c1-19-10-24(32)6-7-27(19)28-13-23(17-34-9-8-33-21(34)3)14-29-30(28)39-20(2)16-35(31(29)36)18-22-11-25(37-4)15-26(12-22)38-5/h6-15,20H,16-18H2,1-5H3/t20-/m1/s1. The maximum atomic E-state index is 14.1. The summed E-state index contributed by atoms with van der Waals surface area (Å²) in [6, 6.07) is 14.2. The molecule has 202 valence electrons. The second-order valence-corrected chi connectivity index (χ2v) is 9.92. The summed E-state index contributed by atoms with van der Waals surface area (Å²) < 4.78 is 33.3. The molecular weight excluding hydrogens is 497 g/mol. The van der Waals surface area contributed by atoms with Gasteiger partial charge in [0.25, 0.3) is 5.91 Å². The van der Waals surface area contributed by atoms with Crippen molar-refractivity contribution in [1.29, 1.82) is 0 Å². The minimum Gasteiger partial charge on any atom is -0.497 e. The van der Waals surface area contributed by atoms with Crippen LogP contribution in [0.25, 0.3) is 11.1 Å². The molecule has 0 fully saturated rings. The number of aromatic nitrogens is 2. The van der Waals surface area contributed by atoms with Crippen LogP contribution in [-0.2, 0) is 13.1 Å². The van der Waals surface area contributed by atoms with Crippen molar-refractivity contribution in [3.63, 3.8) is 0 Å². The number of amides is 1. The molecule has 2 heterocycles. The van der Waals surface area contributed by atoms with Crippen LogP contribution in [0.1, 0.15) is 39.8 Å². The lowest BCUT2D eigenvalue weighted by atomic mass is 9.94. The van der Waals surface area contributed by atoms with Crippen LogP contribution >= 0.6 is 0 Å². The van der Waals surface area contributed by atoms with Gasteiger partial charge in [0.1, 0.15) is 35.0 Å². The molecule has 4 aromatic rings. The number of rotatable bonds is 7. The third-order valence-corrected chi connectivity index (χ3v) is 7.00. The van der Waals surface area contributed by atoms with E-state index >= 15 is 0 Å². The van der Waals surface area contributed by atoms with E-state index in [-0.39, 0.29) is 17.8 Å². The van der Waals surface area contributed by atoms with Gasteiger partial charge in [-0.1, -0.05) is 6.07 Å². The first-order valence-electron chi connectivity index (χ1n) is 12.8. The first-order chi connectivity index (χ1) is 18.7. The fraction of sp³-hybridized carbons (Fsp3) is 0.290. The number of hydrogen-bond acceptors (Lipinski definition) is 5. The molecule has 39 heavy (non-hydrogen) atoms. The Bertz CT molecular complexity index is 1510. The van der Waals surface area contributed by atoms with E-state index in [1.807, 2.05) is 55.8 Å². The van der Waals surface area contributed by atoms with E-state index in [0.29, 0.717) is 42.4 Å². The monoisotopic (exact) mass is 529 g/mol. The number of ether oxygens (including phenoxy) is 3. The van der Waals surface area contributed by atoms with E-state index in [4.69, 9.17) is 14.2 Å². The summed E-state index contributed by atoms with van der Waals surface area (Å²) in [5, 5.41) is 0. The van der Waals surface area contributed by atoms with Crippen molar-refractivity contribution in [3.05, 3.63) is 94.8 Å². The fourth-order valence-corrected chi connectivity index (χ4v) is 5.08. The summed E-state index contributed by atoms with van der Waals surface area (Å²) in [4.78, 5) is 20.3. The van der Waals surface area contributed by atoms with Crippen molar-refractivity contribution in [2.45, 2.75) is 40.0 Å². The van der Waals surface area contributed by atoms with Gasteiger partial charge in [0.15, 0.2) is 0 Å². The smallest absolute Gasteiger partial charge is 0.258 e. The number of imidazole rings is 1. The Kier molecular flexibility index (Phi) is 7.28. The zero-order chi connectivity index (χ0) is 27.7. The van der Waals surface area contributed by atoms with Crippen LogP contribution < -0.4 is 14.2 Å². The molecule has 1 aliphatic rings. The molecule has 0 N–H and O–H groups in total. The molecule has 1 aromatic heterocycles. The average Bonchev–Trinajstić information content (AvgIpc) is 3.27. The molecule has 0 saturated heterocycles. The van der Waals surface area contributed by atoms with Crippen LogP contribution in [0, 0.1) is 19.7 Å². The number of hydrogen-bond donors (Lipinski definition) is 0. The number of carbonyl (C=O) groups excluding carboxylic acids is 1. The highest BCUT2D eigenvalue weighted by molar-refractivity contribution is 6.00. The third kappa shape index (κ3) is 5.46. The number of nitrogens with zero attached hydrogens (tertiary/aromatic N) is 3. The zero-order valence-corrected chi connectivity index (χ0v) is 22.8. The highest BCUT2D eigenvalue weighted by atomic mass is 19.1. The van der Waals surface area contributed by atoms with E-state index in [2.05, 4.69) is 4.98 Å². The maximum absolute atomic E-state index is 14.1. The van der Waals surface area contributed by atoms with Gasteiger partial charge >= 0.3 is 0 Å². The second-order valence-electron chi connectivity index (χ2n) is 9.92. The van der Waals surface area contributed by atoms with Crippen molar-refractivity contribution in [2.24, 2.45) is 0 Å². The molecule has 0 spiro atoms. The fourth-order valence-electron chi connectivity index (χ4n) is 5.08. The number of fused-ring (bicyclic) bond motifs is 1. The van der Waals surface area contributed by atoms with Crippen molar-refractivity contribution in [2.75, 3.05) is 20.8 Å². The van der Waals surface area contributed by atoms with E-state index in [1.165, 1.54) is 12.1 Å². The van der Waals surface area contributed by atoms with Crippen molar-refractivity contribution in [3.8, 4) is 28.4 Å². The summed E-state index contributed by atoms with van der Waals surface area (Å²) in [5.74, 6) is 2.25. The van der Waals surface area contributed by atoms with Crippen LogP contribution in [-0.4, -0.2) is 47.2 Å². The van der Waals surface area contributed by atoms with Crippen molar-refractivity contribution >= 4 is 5.91 Å². The second kappa shape index (κ2) is 10.8. The molecule has 1 amide bonds. The number of carbonyl (C=O) groups is 1. The summed E-state index contributed by atoms with van der Waals surface area (Å²) in [6.07, 6.45) is 3.39. The Morgan fingerprint density at radius 3 is 2.28 bits per heavy atom. The van der Waals surface area contributed by atoms with Gasteiger partial charge in [0.2, 0.25) is 0 Å². The molecule has 7 nitrogen and oxygen atoms in total. The van der Waals surface area contributed by atoms with E-state index in [1.54, 1.807) is 37.4 Å². The summed E-state index contributed by atoms with van der Waals surface area (Å²) in [5.41, 5.74) is 4.63. The molecule has 0 bridgehead atoms. The molecule has 0 unspecified atom stereocenters. The Labute approximate surface area is 227 Å². The normalized spacial score (nSPS) is 15.0. The zero-order valence-electron chi connectivity index (χ0n) is 22.8. The minimum absolute atomic E-state index is 0.138. The first-order valence-corrected chi connectivity index (χ1v) is 12.8. The molecule has 1 atom stereocenters. The van der Waals surface area contributed by atoms with Gasteiger partial charge in [-0.25, -0.2) is 9.37 Å². The van der Waals surface area contributed by atoms with Gasteiger partial charge in [-0.2, -0.15) is 0 Å². The Balaban J connectivity index is 1.62. The van der Waals surface area contributed by atoms with E-state index in [9.17, 15) is 9.18 Å². The lowest BCUT2D eigenvalue weighted by molar-refractivity contribution is 0.0706. The maximum Gasteiger partial charge on any atom is 0.258 e. The number of aryl methyl sites for hydroxylation is 2. The Hall–Kier alpha value is -4.33. The van der Waals surface area contributed by atoms with Gasteiger partial charge in [-0.3, -0.25) is 4.79 Å². The molecule has 8 heteroatoms. The molecular formula is C31H32FN3O4. The predicted molar refractivity (Wildman–Crippen MR) is 147 cm³/mol. The van der Waals surface area contributed by atoms with Crippen molar-refractivity contribution in [1.82, 2.24) is 14.5 Å². The van der Waals surface area contributed by atoms with Crippen LogP contribution in [0.3, 0.4) is 0 Å². The summed E-state index contributed by atoms with van der Waals surface area (Å²) >= 11 is 0. The topological polar surface area (TPSA) is 65.8 Å². The average molecular weight is 530 g/mol. The number of methoxy groups -OCH3 is 2. The summed E-state index contributed by atoms with van der Waals surface area (Å²) in [7, 11) is 3.20. The minimum atomic E-state index is -0.308. The highest BCUT2D eigenvalue weighted by Gasteiger charge is 2.30. The van der Waals surface area contributed by atoms with Gasteiger partial charge in [0.05, 0.1) is 26.3 Å². The van der Waals surface area contributed by atoms with Gasteiger partial charge in [-0.15, -0.1) is 0 Å². The van der Waals surface area contributed by atoms with Crippen LogP contribution in [0.15, 0.2) is 60.9 Å². The summed E-state index contributed by atoms with van der Waals surface area (Å²) in [6.45, 7) is 7.03. The first kappa shape index (κ1) is 26.3. The molecule has 3 aromatic carbocycles. The van der Waals surface area contributed by atoms with E-state index < -0.39 is 0 Å². The van der Waals surface area contributed by atoms with E-state index in [0.717, 1.165) is 33.6 Å².